The summed E-state index contributed by atoms with van der Waals surface area (Å²) in [5.41, 5.74) is 6.55. The van der Waals surface area contributed by atoms with Gasteiger partial charge in [0, 0.05) is 37.3 Å². The van der Waals surface area contributed by atoms with Crippen molar-refractivity contribution in [3.8, 4) is 11.5 Å². The van der Waals surface area contributed by atoms with Gasteiger partial charge < -0.3 is 24.8 Å². The van der Waals surface area contributed by atoms with Crippen LogP contribution in [0.3, 0.4) is 0 Å². The van der Waals surface area contributed by atoms with Gasteiger partial charge in [-0.3, -0.25) is 14.4 Å². The molecule has 3 rings (SSSR count). The Morgan fingerprint density at radius 1 is 1.25 bits per heavy atom. The molecule has 1 atom stereocenters. The smallest absolute Gasteiger partial charge is 0.305 e. The fourth-order valence-corrected chi connectivity index (χ4v) is 4.45. The molecule has 0 radical (unpaired) electrons. The van der Waals surface area contributed by atoms with Crippen molar-refractivity contribution >= 4 is 25.9 Å². The SMILES string of the molecule is [2H][C@@](CCC(=O)OCC[Si](C)(C)C)(C(N)=O)N1Cc2c(OCc3ccc(OC)cc3F)cccc2C1=O. The first-order valence-corrected chi connectivity index (χ1v) is 15.4. The van der Waals surface area contributed by atoms with Crippen LogP contribution in [0.15, 0.2) is 36.4 Å². The van der Waals surface area contributed by atoms with Crippen molar-refractivity contribution in [2.45, 2.75) is 57.7 Å². The van der Waals surface area contributed by atoms with E-state index in [1.54, 1.807) is 30.3 Å². The molecule has 0 bridgehead atoms. The maximum absolute atomic E-state index is 14.3. The van der Waals surface area contributed by atoms with E-state index < -0.39 is 37.7 Å². The predicted molar refractivity (Wildman–Crippen MR) is 135 cm³/mol. The van der Waals surface area contributed by atoms with Gasteiger partial charge in [-0.05, 0) is 36.7 Å². The van der Waals surface area contributed by atoms with Gasteiger partial charge in [-0.1, -0.05) is 25.7 Å². The molecule has 0 saturated carbocycles. The first kappa shape index (κ1) is 25.7. The quantitative estimate of drug-likeness (QED) is 0.338. The summed E-state index contributed by atoms with van der Waals surface area (Å²) < 4.78 is 39.2. The van der Waals surface area contributed by atoms with Crippen molar-refractivity contribution in [2.75, 3.05) is 13.7 Å². The zero-order valence-corrected chi connectivity index (χ0v) is 22.1. The summed E-state index contributed by atoms with van der Waals surface area (Å²) in [4.78, 5) is 38.8. The van der Waals surface area contributed by atoms with E-state index in [4.69, 9.17) is 21.3 Å². The summed E-state index contributed by atoms with van der Waals surface area (Å²) in [6.07, 6.45) is -0.542. The number of benzene rings is 2. The van der Waals surface area contributed by atoms with Crippen molar-refractivity contribution < 1.29 is 34.4 Å². The van der Waals surface area contributed by atoms with Gasteiger partial charge in [0.1, 0.15) is 29.9 Å². The highest BCUT2D eigenvalue weighted by molar-refractivity contribution is 6.76. The van der Waals surface area contributed by atoms with Crippen LogP contribution in [0.1, 0.15) is 35.7 Å². The number of ether oxygens (including phenoxy) is 3. The number of amides is 2. The second kappa shape index (κ2) is 11.6. The van der Waals surface area contributed by atoms with E-state index >= 15 is 0 Å². The molecule has 1 heterocycles. The first-order chi connectivity index (χ1) is 17.4. The van der Waals surface area contributed by atoms with E-state index in [0.717, 1.165) is 10.9 Å². The Morgan fingerprint density at radius 2 is 2.00 bits per heavy atom. The Labute approximate surface area is 212 Å². The third kappa shape index (κ3) is 6.84. The fourth-order valence-electron chi connectivity index (χ4n) is 3.74. The Balaban J connectivity index is 1.72. The van der Waals surface area contributed by atoms with Gasteiger partial charge in [0.05, 0.1) is 21.6 Å². The largest absolute Gasteiger partial charge is 0.497 e. The first-order valence-electron chi connectivity index (χ1n) is 12.2. The molecule has 0 fully saturated rings. The zero-order chi connectivity index (χ0) is 27.4. The lowest BCUT2D eigenvalue weighted by molar-refractivity contribution is -0.143. The van der Waals surface area contributed by atoms with E-state index in [1.807, 2.05) is 0 Å². The van der Waals surface area contributed by atoms with Gasteiger partial charge in [-0.25, -0.2) is 4.39 Å². The third-order valence-corrected chi connectivity index (χ3v) is 7.56. The number of halogens is 1. The van der Waals surface area contributed by atoms with Crippen LogP contribution in [0.2, 0.25) is 25.7 Å². The predicted octanol–water partition coefficient (Wildman–Crippen LogP) is 3.88. The average Bonchev–Trinajstić information content (AvgIpc) is 3.18. The molecule has 8 nitrogen and oxygen atoms in total. The molecule has 1 aliphatic heterocycles. The molecule has 0 aromatic heterocycles. The Morgan fingerprint density at radius 3 is 2.64 bits per heavy atom. The second-order valence-corrected chi connectivity index (χ2v) is 15.4. The molecule has 194 valence electrons. The molecule has 2 aromatic rings. The minimum Gasteiger partial charge on any atom is -0.497 e. The Kier molecular flexibility index (Phi) is 8.24. The molecule has 0 unspecified atom stereocenters. The molecule has 36 heavy (non-hydrogen) atoms. The molecule has 1 aliphatic rings. The lowest BCUT2D eigenvalue weighted by Gasteiger charge is -2.25. The third-order valence-electron chi connectivity index (χ3n) is 5.86. The molecule has 2 amide bonds. The van der Waals surface area contributed by atoms with Crippen molar-refractivity contribution in [3.05, 3.63) is 58.9 Å². The summed E-state index contributed by atoms with van der Waals surface area (Å²) in [5, 5.41) is 0. The molecule has 0 saturated heterocycles. The number of nitrogens with zero attached hydrogens (tertiary/aromatic N) is 1. The van der Waals surface area contributed by atoms with E-state index in [9.17, 15) is 18.8 Å². The highest BCUT2D eigenvalue weighted by Crippen LogP contribution is 2.33. The van der Waals surface area contributed by atoms with Crippen LogP contribution in [-0.4, -0.2) is 50.5 Å². The Hall–Kier alpha value is -3.40. The van der Waals surface area contributed by atoms with Crippen molar-refractivity contribution in [1.29, 1.82) is 0 Å². The number of esters is 1. The van der Waals surface area contributed by atoms with E-state index in [-0.39, 0.29) is 38.2 Å². The molecular formula is C26H33FN2O6Si. The monoisotopic (exact) mass is 517 g/mol. The normalized spacial score (nSPS) is 15.1. The van der Waals surface area contributed by atoms with E-state index in [1.165, 1.54) is 13.2 Å². The average molecular weight is 518 g/mol. The molecule has 2 N–H and O–H groups in total. The van der Waals surface area contributed by atoms with Gasteiger partial charge in [0.2, 0.25) is 5.91 Å². The van der Waals surface area contributed by atoms with Crippen LogP contribution >= 0.6 is 0 Å². The van der Waals surface area contributed by atoms with Crippen LogP contribution in [0, 0.1) is 5.82 Å². The van der Waals surface area contributed by atoms with Crippen LogP contribution in [-0.2, 0) is 27.5 Å². The number of fused-ring (bicyclic) bond motifs is 1. The van der Waals surface area contributed by atoms with Crippen molar-refractivity contribution in [2.24, 2.45) is 5.73 Å². The van der Waals surface area contributed by atoms with E-state index in [2.05, 4.69) is 19.6 Å². The standard InChI is InChI=1S/C26H33FN2O6Si/c1-33-18-9-8-17(21(27)14-18)16-35-23-7-5-6-19-20(23)15-29(26(19)32)22(25(28)31)10-11-24(30)34-12-13-36(2,3)4/h5-9,14,22H,10-13,15-16H2,1-4H3,(H2,28,31)/t22-/m1/s1/i22D. The topological polar surface area (TPSA) is 108 Å². The number of hydrogen-bond acceptors (Lipinski definition) is 6. The fraction of sp³-hybridized carbons (Fsp3) is 0.423. The maximum atomic E-state index is 14.3. The Bertz CT molecular complexity index is 1190. The second-order valence-electron chi connectivity index (χ2n) is 9.76. The van der Waals surface area contributed by atoms with Crippen LogP contribution in [0.4, 0.5) is 4.39 Å². The molecule has 0 spiro atoms. The van der Waals surface area contributed by atoms with Crippen LogP contribution in [0.5, 0.6) is 11.5 Å². The van der Waals surface area contributed by atoms with Gasteiger partial charge in [-0.2, -0.15) is 0 Å². The summed E-state index contributed by atoms with van der Waals surface area (Å²) in [5.74, 6) is -1.98. The molecule has 0 aliphatic carbocycles. The number of primary amides is 1. The molecule has 10 heteroatoms. The number of rotatable bonds is 12. The summed E-state index contributed by atoms with van der Waals surface area (Å²) >= 11 is 0. The number of hydrogen-bond donors (Lipinski definition) is 1. The van der Waals surface area contributed by atoms with Gasteiger partial charge in [0.25, 0.3) is 5.91 Å². The van der Waals surface area contributed by atoms with Crippen molar-refractivity contribution in [1.82, 2.24) is 4.90 Å². The van der Waals surface area contributed by atoms with Crippen LogP contribution < -0.4 is 15.2 Å². The summed E-state index contributed by atoms with van der Waals surface area (Å²) in [6, 6.07) is 7.83. The zero-order valence-electron chi connectivity index (χ0n) is 22.1. The number of carbonyl (C=O) groups is 3. The number of methoxy groups -OCH3 is 1. The molecule has 2 aromatic carbocycles. The summed E-state index contributed by atoms with van der Waals surface area (Å²) in [6.45, 7) is 6.53. The lowest BCUT2D eigenvalue weighted by atomic mass is 10.1. The van der Waals surface area contributed by atoms with Gasteiger partial charge in [-0.15, -0.1) is 0 Å². The summed E-state index contributed by atoms with van der Waals surface area (Å²) in [7, 11) is 0.0519. The van der Waals surface area contributed by atoms with Gasteiger partial charge in [0.15, 0.2) is 0 Å². The molecular weight excluding hydrogens is 483 g/mol. The minimum absolute atomic E-state index is 0.106. The highest BCUT2D eigenvalue weighted by atomic mass is 28.3. The number of carbonyl (C=O) groups excluding carboxylic acids is 3. The van der Waals surface area contributed by atoms with E-state index in [0.29, 0.717) is 22.6 Å². The van der Waals surface area contributed by atoms with Crippen molar-refractivity contribution in [3.63, 3.8) is 0 Å². The highest BCUT2D eigenvalue weighted by Gasteiger charge is 2.37. The maximum Gasteiger partial charge on any atom is 0.305 e. The number of nitrogens with two attached hydrogens (primary N) is 1. The van der Waals surface area contributed by atoms with Gasteiger partial charge >= 0.3 is 5.97 Å². The lowest BCUT2D eigenvalue weighted by Crippen LogP contribution is -2.45. The van der Waals surface area contributed by atoms with Crippen LogP contribution in [0.25, 0.3) is 0 Å². The minimum atomic E-state index is -2.16.